The summed E-state index contributed by atoms with van der Waals surface area (Å²) in [6.45, 7) is 0.243. The van der Waals surface area contributed by atoms with Gasteiger partial charge in [-0.05, 0) is 17.7 Å². The summed E-state index contributed by atoms with van der Waals surface area (Å²) in [5, 5.41) is 1.04. The van der Waals surface area contributed by atoms with Crippen LogP contribution in [0.2, 0.25) is 0 Å². The lowest BCUT2D eigenvalue weighted by Crippen LogP contribution is -2.35. The molecule has 1 amide bonds. The Morgan fingerprint density at radius 3 is 2.24 bits per heavy atom. The number of ether oxygens (including phenoxy) is 2. The van der Waals surface area contributed by atoms with Crippen LogP contribution in [0.15, 0.2) is 60.7 Å². The molecule has 5 heteroatoms. The summed E-state index contributed by atoms with van der Waals surface area (Å²) in [6, 6.07) is 18.4. The molecule has 2 aromatic carbocycles. The number of hydrogen-bond donors (Lipinski definition) is 0. The Morgan fingerprint density at radius 2 is 1.62 bits per heavy atom. The standard InChI is InChI=1S/C16H17NO4/c1-19-13-17(20-12-14-8-4-2-5-9-14)16(18)21-15-10-6-3-7-11-15/h2-11H,12-13H2,1H3. The summed E-state index contributed by atoms with van der Waals surface area (Å²) < 4.78 is 10.2. The van der Waals surface area contributed by atoms with E-state index in [-0.39, 0.29) is 13.3 Å². The summed E-state index contributed by atoms with van der Waals surface area (Å²) in [7, 11) is 1.48. The third-order valence-electron chi connectivity index (χ3n) is 2.63. The average Bonchev–Trinajstić information content (AvgIpc) is 2.53. The number of carbonyl (C=O) groups is 1. The first-order valence-electron chi connectivity index (χ1n) is 6.50. The molecule has 0 spiro atoms. The smallest absolute Gasteiger partial charge is 0.409 e. The second-order valence-corrected chi connectivity index (χ2v) is 4.24. The molecule has 0 radical (unpaired) electrons. The molecular formula is C16H17NO4. The number of rotatable bonds is 6. The molecule has 0 unspecified atom stereocenters. The van der Waals surface area contributed by atoms with Crippen LogP contribution in [0.25, 0.3) is 0 Å². The van der Waals surface area contributed by atoms with Crippen LogP contribution in [0, 0.1) is 0 Å². The number of nitrogens with zero attached hydrogens (tertiary/aromatic N) is 1. The molecule has 0 heterocycles. The third kappa shape index (κ3) is 4.91. The third-order valence-corrected chi connectivity index (χ3v) is 2.63. The van der Waals surface area contributed by atoms with E-state index in [0.29, 0.717) is 5.75 Å². The number of para-hydroxylation sites is 1. The predicted molar refractivity (Wildman–Crippen MR) is 77.4 cm³/mol. The highest BCUT2D eigenvalue weighted by Gasteiger charge is 2.17. The Bertz CT molecular complexity index is 545. The zero-order chi connectivity index (χ0) is 14.9. The van der Waals surface area contributed by atoms with Gasteiger partial charge in [0.1, 0.15) is 19.1 Å². The average molecular weight is 287 g/mol. The maximum atomic E-state index is 12.0. The molecular weight excluding hydrogens is 270 g/mol. The normalized spacial score (nSPS) is 10.1. The van der Waals surface area contributed by atoms with Crippen LogP contribution >= 0.6 is 0 Å². The molecule has 0 fully saturated rings. The second kappa shape index (κ2) is 8.04. The monoisotopic (exact) mass is 287 g/mol. The molecule has 0 saturated carbocycles. The van der Waals surface area contributed by atoms with Gasteiger partial charge in [-0.15, -0.1) is 0 Å². The fourth-order valence-corrected chi connectivity index (χ4v) is 1.63. The first kappa shape index (κ1) is 15.0. The minimum Gasteiger partial charge on any atom is -0.409 e. The van der Waals surface area contributed by atoms with E-state index in [0.717, 1.165) is 10.6 Å². The molecule has 0 N–H and O–H groups in total. The summed E-state index contributed by atoms with van der Waals surface area (Å²) in [6.07, 6.45) is -0.626. The summed E-state index contributed by atoms with van der Waals surface area (Å²) in [5.74, 6) is 0.451. The van der Waals surface area contributed by atoms with Crippen molar-refractivity contribution in [3.05, 3.63) is 66.2 Å². The maximum Gasteiger partial charge on any atom is 0.441 e. The van der Waals surface area contributed by atoms with Crippen LogP contribution in [0.5, 0.6) is 5.75 Å². The molecule has 0 atom stereocenters. The summed E-state index contributed by atoms with van der Waals surface area (Å²) >= 11 is 0. The molecule has 5 nitrogen and oxygen atoms in total. The first-order valence-corrected chi connectivity index (χ1v) is 6.50. The van der Waals surface area contributed by atoms with Crippen molar-refractivity contribution in [3.8, 4) is 5.75 Å². The molecule has 0 aliphatic rings. The number of methoxy groups -OCH3 is 1. The Labute approximate surface area is 123 Å². The van der Waals surface area contributed by atoms with Crippen molar-refractivity contribution >= 4 is 6.09 Å². The van der Waals surface area contributed by atoms with Crippen molar-refractivity contribution < 1.29 is 19.1 Å². The van der Waals surface area contributed by atoms with Crippen LogP contribution in [-0.4, -0.2) is 25.0 Å². The highest BCUT2D eigenvalue weighted by Crippen LogP contribution is 2.11. The van der Waals surface area contributed by atoms with E-state index >= 15 is 0 Å². The lowest BCUT2D eigenvalue weighted by molar-refractivity contribution is -0.180. The minimum atomic E-state index is -0.626. The van der Waals surface area contributed by atoms with Gasteiger partial charge in [0.2, 0.25) is 0 Å². The molecule has 21 heavy (non-hydrogen) atoms. The molecule has 0 bridgehead atoms. The van der Waals surface area contributed by atoms with Gasteiger partial charge in [0, 0.05) is 7.11 Å². The molecule has 110 valence electrons. The van der Waals surface area contributed by atoms with Crippen molar-refractivity contribution in [3.63, 3.8) is 0 Å². The Morgan fingerprint density at radius 1 is 1.00 bits per heavy atom. The Kier molecular flexibility index (Phi) is 5.75. The maximum absolute atomic E-state index is 12.0. The van der Waals surface area contributed by atoms with Crippen LogP contribution < -0.4 is 4.74 Å². The molecule has 0 saturated heterocycles. The van der Waals surface area contributed by atoms with Gasteiger partial charge in [0.05, 0.1) is 0 Å². The highest BCUT2D eigenvalue weighted by atomic mass is 16.7. The van der Waals surface area contributed by atoms with Crippen molar-refractivity contribution in [2.24, 2.45) is 0 Å². The van der Waals surface area contributed by atoms with E-state index in [1.54, 1.807) is 24.3 Å². The zero-order valence-electron chi connectivity index (χ0n) is 11.8. The first-order chi connectivity index (χ1) is 10.3. The van der Waals surface area contributed by atoms with E-state index in [9.17, 15) is 4.79 Å². The van der Waals surface area contributed by atoms with Crippen LogP contribution in [0.4, 0.5) is 4.79 Å². The van der Waals surface area contributed by atoms with Crippen molar-refractivity contribution in [1.82, 2.24) is 5.06 Å². The molecule has 0 aromatic heterocycles. The second-order valence-electron chi connectivity index (χ2n) is 4.24. The Balaban J connectivity index is 1.93. The number of amides is 1. The van der Waals surface area contributed by atoms with Gasteiger partial charge in [-0.1, -0.05) is 48.5 Å². The van der Waals surface area contributed by atoms with Crippen LogP contribution in [0.1, 0.15) is 5.56 Å². The van der Waals surface area contributed by atoms with Crippen molar-refractivity contribution in [2.45, 2.75) is 6.61 Å². The molecule has 2 aromatic rings. The van der Waals surface area contributed by atoms with Gasteiger partial charge in [-0.3, -0.25) is 4.84 Å². The van der Waals surface area contributed by atoms with E-state index in [4.69, 9.17) is 14.3 Å². The van der Waals surface area contributed by atoms with Gasteiger partial charge >= 0.3 is 6.09 Å². The number of hydrogen-bond acceptors (Lipinski definition) is 4. The molecule has 2 rings (SSSR count). The van der Waals surface area contributed by atoms with Gasteiger partial charge in [0.15, 0.2) is 0 Å². The zero-order valence-corrected chi connectivity index (χ0v) is 11.8. The van der Waals surface area contributed by atoms with Crippen molar-refractivity contribution in [1.29, 1.82) is 0 Å². The molecule has 0 aliphatic heterocycles. The van der Waals surface area contributed by atoms with Gasteiger partial charge in [-0.25, -0.2) is 4.79 Å². The fourth-order valence-electron chi connectivity index (χ4n) is 1.63. The van der Waals surface area contributed by atoms with Crippen LogP contribution in [-0.2, 0) is 16.2 Å². The van der Waals surface area contributed by atoms with Gasteiger partial charge in [0.25, 0.3) is 0 Å². The van der Waals surface area contributed by atoms with E-state index in [1.165, 1.54) is 7.11 Å². The largest absolute Gasteiger partial charge is 0.441 e. The fraction of sp³-hybridized carbons (Fsp3) is 0.188. The van der Waals surface area contributed by atoms with E-state index in [1.807, 2.05) is 36.4 Å². The van der Waals surface area contributed by atoms with E-state index < -0.39 is 6.09 Å². The lowest BCUT2D eigenvalue weighted by Gasteiger charge is -2.20. The number of carbonyl (C=O) groups excluding carboxylic acids is 1. The van der Waals surface area contributed by atoms with Crippen LogP contribution in [0.3, 0.4) is 0 Å². The highest BCUT2D eigenvalue weighted by molar-refractivity contribution is 5.69. The minimum absolute atomic E-state index is 0.0154. The van der Waals surface area contributed by atoms with Gasteiger partial charge < -0.3 is 9.47 Å². The predicted octanol–water partition coefficient (Wildman–Crippen LogP) is 3.22. The number of benzene rings is 2. The summed E-state index contributed by atoms with van der Waals surface area (Å²) in [5.41, 5.74) is 0.950. The van der Waals surface area contributed by atoms with Gasteiger partial charge in [-0.2, -0.15) is 5.06 Å². The summed E-state index contributed by atoms with van der Waals surface area (Å²) in [4.78, 5) is 17.5. The topological polar surface area (TPSA) is 48.0 Å². The molecule has 0 aliphatic carbocycles. The van der Waals surface area contributed by atoms with E-state index in [2.05, 4.69) is 0 Å². The van der Waals surface area contributed by atoms with Crippen molar-refractivity contribution in [2.75, 3.05) is 13.8 Å². The quantitative estimate of drug-likeness (QED) is 0.604. The number of hydroxylamine groups is 2. The SMILES string of the molecule is COCN(OCc1ccccc1)C(=O)Oc1ccccc1. The lowest BCUT2D eigenvalue weighted by atomic mass is 10.2. The Hall–Kier alpha value is -2.37.